The average Bonchev–Trinajstić information content (AvgIpc) is 2.82. The van der Waals surface area contributed by atoms with Gasteiger partial charge in [0.25, 0.3) is 0 Å². The molecule has 3 rings (SSSR count). The molecular formula is C26H42ClN3O4. The van der Waals surface area contributed by atoms with Crippen molar-refractivity contribution in [1.82, 2.24) is 10.2 Å². The molecule has 2 aliphatic rings. The molecule has 0 bridgehead atoms. The second-order valence-electron chi connectivity index (χ2n) is 9.98. The molecule has 7 nitrogen and oxygen atoms in total. The van der Waals surface area contributed by atoms with Crippen molar-refractivity contribution in [1.29, 1.82) is 0 Å². The summed E-state index contributed by atoms with van der Waals surface area (Å²) in [5.41, 5.74) is 5.76. The molecule has 1 aromatic rings. The maximum Gasteiger partial charge on any atom is 0.317 e. The van der Waals surface area contributed by atoms with Crippen LogP contribution >= 0.6 is 11.6 Å². The summed E-state index contributed by atoms with van der Waals surface area (Å²) in [6.45, 7) is 2.27. The fourth-order valence-electron chi connectivity index (χ4n) is 5.48. The Balaban J connectivity index is 1.64. The summed E-state index contributed by atoms with van der Waals surface area (Å²) in [7, 11) is 3.44. The number of ether oxygens (including phenoxy) is 2. The van der Waals surface area contributed by atoms with E-state index >= 15 is 0 Å². The van der Waals surface area contributed by atoms with E-state index in [1.54, 1.807) is 14.2 Å². The van der Waals surface area contributed by atoms with Gasteiger partial charge >= 0.3 is 6.03 Å². The first kappa shape index (κ1) is 27.2. The Morgan fingerprint density at radius 2 is 2.15 bits per heavy atom. The Hall–Kier alpha value is -1.38. The molecule has 1 saturated carbocycles. The minimum atomic E-state index is -1.05. The number of nitrogens with zero attached hydrogens (tertiary/aromatic N) is 1. The minimum absolute atomic E-state index is 0.0449. The van der Waals surface area contributed by atoms with Crippen LogP contribution in [0.15, 0.2) is 24.3 Å². The second kappa shape index (κ2) is 13.1. The van der Waals surface area contributed by atoms with Crippen LogP contribution in [0.2, 0.25) is 5.02 Å². The zero-order valence-corrected chi connectivity index (χ0v) is 21.4. The second-order valence-corrected chi connectivity index (χ2v) is 10.4. The molecule has 4 N–H and O–H groups in total. The third-order valence-electron chi connectivity index (χ3n) is 7.62. The molecule has 192 valence electrons. The largest absolute Gasteiger partial charge is 0.385 e. The maximum atomic E-state index is 13.2. The van der Waals surface area contributed by atoms with E-state index in [-0.39, 0.29) is 18.0 Å². The summed E-state index contributed by atoms with van der Waals surface area (Å²) in [6.07, 6.45) is 7.31. The number of nitrogens with two attached hydrogens (primary N) is 1. The van der Waals surface area contributed by atoms with Crippen LogP contribution in [-0.4, -0.2) is 68.6 Å². The molecule has 1 unspecified atom stereocenters. The van der Waals surface area contributed by atoms with Crippen molar-refractivity contribution >= 4 is 17.6 Å². The number of likely N-dealkylation sites (tertiary alicyclic amines) is 1. The molecule has 1 heterocycles. The summed E-state index contributed by atoms with van der Waals surface area (Å²) in [4.78, 5) is 15.0. The number of hydrogen-bond acceptors (Lipinski definition) is 5. The van der Waals surface area contributed by atoms with Gasteiger partial charge in [-0.3, -0.25) is 0 Å². The van der Waals surface area contributed by atoms with Crippen molar-refractivity contribution in [2.45, 2.75) is 69.1 Å². The molecule has 1 saturated heterocycles. The van der Waals surface area contributed by atoms with Crippen LogP contribution in [0.5, 0.6) is 0 Å². The molecule has 34 heavy (non-hydrogen) atoms. The Morgan fingerprint density at radius 3 is 2.82 bits per heavy atom. The Labute approximate surface area is 209 Å². The van der Waals surface area contributed by atoms with Gasteiger partial charge in [0.2, 0.25) is 0 Å². The van der Waals surface area contributed by atoms with Crippen LogP contribution in [0.3, 0.4) is 0 Å². The van der Waals surface area contributed by atoms with Gasteiger partial charge in [-0.15, -0.1) is 0 Å². The topological polar surface area (TPSA) is 97.1 Å². The van der Waals surface area contributed by atoms with Gasteiger partial charge in [-0.2, -0.15) is 0 Å². The smallest absolute Gasteiger partial charge is 0.317 e. The fraction of sp³-hybridized carbons (Fsp3) is 0.731. The highest BCUT2D eigenvalue weighted by molar-refractivity contribution is 6.30. The molecule has 3 atom stereocenters. The van der Waals surface area contributed by atoms with Crippen LogP contribution in [0.25, 0.3) is 0 Å². The van der Waals surface area contributed by atoms with Crippen molar-refractivity contribution in [2.75, 3.05) is 40.5 Å². The number of amides is 2. The SMILES string of the molecule is COCCCC[C@@](O)(c1cccc(Cl)c1)[C@@H]1CCCN(C(=O)NC(CN)CC2CC(OC)C2)C1. The van der Waals surface area contributed by atoms with Crippen molar-refractivity contribution in [2.24, 2.45) is 17.6 Å². The number of unbranched alkanes of at least 4 members (excludes halogenated alkanes) is 1. The van der Waals surface area contributed by atoms with E-state index in [4.69, 9.17) is 26.8 Å². The molecule has 0 spiro atoms. The van der Waals surface area contributed by atoms with E-state index in [2.05, 4.69) is 5.32 Å². The molecule has 0 aromatic heterocycles. The number of carbonyl (C=O) groups excluding carboxylic acids is 1. The highest BCUT2D eigenvalue weighted by atomic mass is 35.5. The van der Waals surface area contributed by atoms with Crippen LogP contribution < -0.4 is 11.1 Å². The molecule has 2 amide bonds. The van der Waals surface area contributed by atoms with Crippen LogP contribution in [0.1, 0.15) is 56.9 Å². The molecular weight excluding hydrogens is 454 g/mol. The molecule has 1 aromatic carbocycles. The Bertz CT molecular complexity index is 776. The number of aliphatic hydroxyl groups is 1. The van der Waals surface area contributed by atoms with Crippen molar-refractivity contribution in [3.63, 3.8) is 0 Å². The number of rotatable bonds is 12. The van der Waals surface area contributed by atoms with Crippen LogP contribution in [0, 0.1) is 11.8 Å². The van der Waals surface area contributed by atoms with Crippen LogP contribution in [0.4, 0.5) is 4.79 Å². The van der Waals surface area contributed by atoms with E-state index in [1.165, 1.54) is 0 Å². The monoisotopic (exact) mass is 495 g/mol. The van der Waals surface area contributed by atoms with E-state index in [1.807, 2.05) is 29.2 Å². The number of urea groups is 1. The number of hydrogen-bond donors (Lipinski definition) is 3. The highest BCUT2D eigenvalue weighted by Gasteiger charge is 2.41. The number of halogens is 1. The number of nitrogens with one attached hydrogen (secondary N) is 1. The third kappa shape index (κ3) is 7.08. The van der Waals surface area contributed by atoms with Gasteiger partial charge in [0, 0.05) is 57.4 Å². The first-order chi connectivity index (χ1) is 16.4. The fourth-order valence-corrected chi connectivity index (χ4v) is 5.67. The predicted octanol–water partition coefficient (Wildman–Crippen LogP) is 3.91. The van der Waals surface area contributed by atoms with Gasteiger partial charge in [0.1, 0.15) is 0 Å². The molecule has 2 fully saturated rings. The van der Waals surface area contributed by atoms with Gasteiger partial charge in [0.15, 0.2) is 0 Å². The van der Waals surface area contributed by atoms with Gasteiger partial charge in [-0.1, -0.05) is 23.7 Å². The average molecular weight is 496 g/mol. The number of methoxy groups -OCH3 is 2. The van der Waals surface area contributed by atoms with Gasteiger partial charge in [0.05, 0.1) is 11.7 Å². The quantitative estimate of drug-likeness (QED) is 0.382. The van der Waals surface area contributed by atoms with Crippen molar-refractivity contribution in [3.05, 3.63) is 34.9 Å². The zero-order valence-electron chi connectivity index (χ0n) is 20.7. The summed E-state index contributed by atoms with van der Waals surface area (Å²) in [5.74, 6) is 0.478. The van der Waals surface area contributed by atoms with E-state index in [0.29, 0.717) is 49.7 Å². The first-order valence-electron chi connectivity index (χ1n) is 12.6. The Morgan fingerprint density at radius 1 is 1.35 bits per heavy atom. The summed E-state index contributed by atoms with van der Waals surface area (Å²) in [5, 5.41) is 15.7. The lowest BCUT2D eigenvalue weighted by atomic mass is 9.74. The number of piperidine rings is 1. The lowest BCUT2D eigenvalue weighted by molar-refractivity contribution is -0.0564. The zero-order chi connectivity index (χ0) is 24.6. The summed E-state index contributed by atoms with van der Waals surface area (Å²) in [6, 6.07) is 7.37. The molecule has 1 aliphatic heterocycles. The van der Waals surface area contributed by atoms with Gasteiger partial charge < -0.3 is 30.5 Å². The van der Waals surface area contributed by atoms with E-state index in [9.17, 15) is 9.90 Å². The third-order valence-corrected chi connectivity index (χ3v) is 7.86. The number of benzene rings is 1. The highest BCUT2D eigenvalue weighted by Crippen LogP contribution is 2.40. The normalized spacial score (nSPS) is 25.3. The Kier molecular flexibility index (Phi) is 10.5. The van der Waals surface area contributed by atoms with Gasteiger partial charge in [-0.25, -0.2) is 4.79 Å². The first-order valence-corrected chi connectivity index (χ1v) is 13.0. The van der Waals surface area contributed by atoms with E-state index in [0.717, 1.165) is 50.5 Å². The molecule has 1 aliphatic carbocycles. The minimum Gasteiger partial charge on any atom is -0.385 e. The van der Waals surface area contributed by atoms with Crippen LogP contribution in [-0.2, 0) is 15.1 Å². The number of carbonyl (C=O) groups is 1. The summed E-state index contributed by atoms with van der Waals surface area (Å²) < 4.78 is 10.6. The standard InChI is InChI=1S/C26H42ClN3O4/c1-33-12-4-3-10-26(32,20-7-5-9-22(27)16-20)21-8-6-11-30(18-21)25(31)29-23(17-28)13-19-14-24(15-19)34-2/h5,7,9,16,19,21,23-24,32H,3-4,6,8,10-15,17-18,28H2,1-2H3,(H,29,31)/t19?,21-,23?,24?,26-/m1/s1. The van der Waals surface area contributed by atoms with Crippen molar-refractivity contribution < 1.29 is 19.4 Å². The predicted molar refractivity (Wildman–Crippen MR) is 135 cm³/mol. The molecule has 0 radical (unpaired) electrons. The lowest BCUT2D eigenvalue weighted by Crippen LogP contribution is -2.54. The lowest BCUT2D eigenvalue weighted by Gasteiger charge is -2.43. The molecule has 8 heteroatoms. The van der Waals surface area contributed by atoms with Gasteiger partial charge in [-0.05, 0) is 75.0 Å². The van der Waals surface area contributed by atoms with Crippen molar-refractivity contribution in [3.8, 4) is 0 Å². The maximum absolute atomic E-state index is 13.2. The summed E-state index contributed by atoms with van der Waals surface area (Å²) >= 11 is 6.28. The van der Waals surface area contributed by atoms with E-state index < -0.39 is 5.60 Å².